The van der Waals surface area contributed by atoms with Crippen molar-refractivity contribution < 1.29 is 0 Å². The van der Waals surface area contributed by atoms with Gasteiger partial charge in [0.1, 0.15) is 6.67 Å². The number of nitrogens with two attached hydrogens (primary N) is 1. The summed E-state index contributed by atoms with van der Waals surface area (Å²) in [5.74, 6) is 0. The van der Waals surface area contributed by atoms with E-state index in [1.165, 1.54) is 71.2 Å². The summed E-state index contributed by atoms with van der Waals surface area (Å²) in [6, 6.07) is 62.8. The Morgan fingerprint density at radius 2 is 1.15 bits per heavy atom. The minimum Gasteiger partial charge on any atom is -0.398 e. The first-order valence-corrected chi connectivity index (χ1v) is 19.0. The van der Waals surface area contributed by atoms with Crippen molar-refractivity contribution in [3.05, 3.63) is 210 Å². The number of para-hydroxylation sites is 1. The van der Waals surface area contributed by atoms with Crippen LogP contribution in [-0.4, -0.2) is 10.3 Å². The highest BCUT2D eigenvalue weighted by Crippen LogP contribution is 2.41. The van der Waals surface area contributed by atoms with Crippen molar-refractivity contribution in [2.45, 2.75) is 32.9 Å². The monoisotopic (exact) mass is 709 g/mol. The van der Waals surface area contributed by atoms with Crippen molar-refractivity contribution in [2.75, 3.05) is 0 Å². The minimum absolute atomic E-state index is 0.176. The van der Waals surface area contributed by atoms with Crippen LogP contribution in [0.3, 0.4) is 0 Å². The van der Waals surface area contributed by atoms with Crippen LogP contribution in [0.1, 0.15) is 41.7 Å². The maximum atomic E-state index is 6.72. The summed E-state index contributed by atoms with van der Waals surface area (Å²) in [5.41, 5.74) is 18.7. The lowest BCUT2D eigenvalue weighted by molar-refractivity contribution is 0.637. The lowest BCUT2D eigenvalue weighted by Crippen LogP contribution is -2.20. The lowest BCUT2D eigenvalue weighted by atomic mass is 9.75. The van der Waals surface area contributed by atoms with Gasteiger partial charge < -0.3 is 10.3 Å². The van der Waals surface area contributed by atoms with Gasteiger partial charge in [0, 0.05) is 32.8 Å². The van der Waals surface area contributed by atoms with E-state index in [0.29, 0.717) is 12.4 Å². The number of hydrogen-bond donors (Lipinski definition) is 1. The Kier molecular flexibility index (Phi) is 8.63. The number of fused-ring (bicyclic) bond motifs is 6. The number of hydrogen-bond acceptors (Lipinski definition) is 2. The van der Waals surface area contributed by atoms with Crippen LogP contribution in [0.5, 0.6) is 0 Å². The van der Waals surface area contributed by atoms with Crippen LogP contribution < -0.4 is 5.73 Å². The van der Waals surface area contributed by atoms with Crippen molar-refractivity contribution in [1.82, 2.24) is 4.57 Å². The summed E-state index contributed by atoms with van der Waals surface area (Å²) in [4.78, 5) is 5.38. The third kappa shape index (κ3) is 6.08. The molecule has 8 aromatic carbocycles. The van der Waals surface area contributed by atoms with E-state index in [9.17, 15) is 0 Å². The molecule has 9 rings (SSSR count). The van der Waals surface area contributed by atoms with E-state index in [4.69, 9.17) is 10.7 Å². The van der Waals surface area contributed by atoms with Crippen molar-refractivity contribution in [3.63, 3.8) is 0 Å². The van der Waals surface area contributed by atoms with Gasteiger partial charge >= 0.3 is 0 Å². The van der Waals surface area contributed by atoms with Crippen molar-refractivity contribution in [2.24, 2.45) is 10.7 Å². The van der Waals surface area contributed by atoms with Crippen molar-refractivity contribution >= 4 is 54.8 Å². The third-order valence-electron chi connectivity index (χ3n) is 11.4. The fraction of sp³-hybridized carbons (Fsp3) is 0.0962. The lowest BCUT2D eigenvalue weighted by Gasteiger charge is -2.29. The third-order valence-corrected chi connectivity index (χ3v) is 11.4. The summed E-state index contributed by atoms with van der Waals surface area (Å²) < 4.78 is 2.41. The predicted molar refractivity (Wildman–Crippen MR) is 235 cm³/mol. The van der Waals surface area contributed by atoms with E-state index in [2.05, 4.69) is 165 Å². The number of allylic oxidation sites excluding steroid dienone is 1. The Morgan fingerprint density at radius 3 is 1.87 bits per heavy atom. The predicted octanol–water partition coefficient (Wildman–Crippen LogP) is 12.8. The normalized spacial score (nSPS) is 12.6. The van der Waals surface area contributed by atoms with Crippen LogP contribution in [0.2, 0.25) is 0 Å². The number of nitrogens with zero attached hydrogens (tertiary/aromatic N) is 2. The van der Waals surface area contributed by atoms with Crippen LogP contribution in [-0.2, 0) is 12.1 Å². The quantitative estimate of drug-likeness (QED) is 0.157. The summed E-state index contributed by atoms with van der Waals surface area (Å²) in [7, 11) is 0. The fourth-order valence-corrected chi connectivity index (χ4v) is 8.46. The molecular formula is C52H43N3. The second-order valence-corrected chi connectivity index (χ2v) is 15.0. The van der Waals surface area contributed by atoms with E-state index in [1.807, 2.05) is 42.5 Å². The second-order valence-electron chi connectivity index (χ2n) is 15.0. The first-order chi connectivity index (χ1) is 26.9. The van der Waals surface area contributed by atoms with Crippen LogP contribution in [0, 0.1) is 6.92 Å². The van der Waals surface area contributed by atoms with Crippen molar-refractivity contribution in [3.8, 4) is 11.1 Å². The number of aromatic nitrogens is 1. The van der Waals surface area contributed by atoms with Gasteiger partial charge in [-0.3, -0.25) is 4.99 Å². The topological polar surface area (TPSA) is 43.3 Å². The van der Waals surface area contributed by atoms with Crippen LogP contribution in [0.4, 0.5) is 0 Å². The zero-order valence-corrected chi connectivity index (χ0v) is 31.5. The molecular weight excluding hydrogens is 667 g/mol. The van der Waals surface area contributed by atoms with Gasteiger partial charge in [-0.15, -0.1) is 0 Å². The summed E-state index contributed by atoms with van der Waals surface area (Å²) in [6.07, 6.45) is 2.01. The SMILES string of the molecule is Cc1c(C(C)(C)c2ccc(-c3cccc4c5ccc6ccccc6c5n(C/N=C(\C=C(/N)c5ccccc5)c5ccccc5)c34)cc2)ccc2ccccc12. The van der Waals surface area contributed by atoms with Gasteiger partial charge in [0.25, 0.3) is 0 Å². The fourth-order valence-electron chi connectivity index (χ4n) is 8.46. The maximum Gasteiger partial charge on any atom is 0.115 e. The highest BCUT2D eigenvalue weighted by Gasteiger charge is 2.26. The molecule has 9 aromatic rings. The van der Waals surface area contributed by atoms with Crippen molar-refractivity contribution in [1.29, 1.82) is 0 Å². The molecule has 0 bridgehead atoms. The average molecular weight is 710 g/mol. The molecule has 3 nitrogen and oxygen atoms in total. The Hall–Kier alpha value is -6.71. The van der Waals surface area contributed by atoms with Gasteiger partial charge in [-0.1, -0.05) is 190 Å². The zero-order chi connectivity index (χ0) is 37.5. The first kappa shape index (κ1) is 34.1. The molecule has 0 fully saturated rings. The molecule has 0 atom stereocenters. The van der Waals surface area contributed by atoms with Gasteiger partial charge in [-0.05, 0) is 62.5 Å². The molecule has 1 aromatic heterocycles. The van der Waals surface area contributed by atoms with E-state index in [0.717, 1.165) is 16.8 Å². The molecule has 0 spiro atoms. The van der Waals surface area contributed by atoms with E-state index in [1.54, 1.807) is 0 Å². The average Bonchev–Trinajstić information content (AvgIpc) is 3.57. The molecule has 0 saturated heterocycles. The molecule has 2 N–H and O–H groups in total. The van der Waals surface area contributed by atoms with Gasteiger partial charge in [0.15, 0.2) is 0 Å². The van der Waals surface area contributed by atoms with E-state index >= 15 is 0 Å². The first-order valence-electron chi connectivity index (χ1n) is 19.0. The minimum atomic E-state index is -0.176. The summed E-state index contributed by atoms with van der Waals surface area (Å²) in [6.45, 7) is 7.35. The largest absolute Gasteiger partial charge is 0.398 e. The highest BCUT2D eigenvalue weighted by atomic mass is 15.1. The molecule has 0 aliphatic heterocycles. The number of benzene rings is 8. The molecule has 0 aliphatic rings. The molecule has 3 heteroatoms. The maximum absolute atomic E-state index is 6.72. The molecule has 0 saturated carbocycles. The van der Waals surface area contributed by atoms with Gasteiger partial charge in [-0.25, -0.2) is 0 Å². The van der Waals surface area contributed by atoms with Gasteiger partial charge in [-0.2, -0.15) is 0 Å². The Balaban J connectivity index is 1.20. The smallest absolute Gasteiger partial charge is 0.115 e. The summed E-state index contributed by atoms with van der Waals surface area (Å²) >= 11 is 0. The van der Waals surface area contributed by atoms with Crippen LogP contribution in [0.25, 0.3) is 60.2 Å². The molecule has 0 aliphatic carbocycles. The van der Waals surface area contributed by atoms with E-state index < -0.39 is 0 Å². The zero-order valence-electron chi connectivity index (χ0n) is 31.5. The van der Waals surface area contributed by atoms with Gasteiger partial charge in [0.05, 0.1) is 16.7 Å². The number of rotatable bonds is 8. The summed E-state index contributed by atoms with van der Waals surface area (Å²) in [5, 5.41) is 7.44. The Bertz CT molecular complexity index is 2910. The molecule has 55 heavy (non-hydrogen) atoms. The second kappa shape index (κ2) is 13.9. The molecule has 0 radical (unpaired) electrons. The Morgan fingerprint density at radius 1 is 0.564 bits per heavy atom. The molecule has 266 valence electrons. The molecule has 0 amide bonds. The van der Waals surface area contributed by atoms with E-state index in [-0.39, 0.29) is 5.41 Å². The van der Waals surface area contributed by atoms with Gasteiger partial charge in [0.2, 0.25) is 0 Å². The standard InChI is InChI=1S/C52H43N3/c1-35-42-21-12-10-15-36(42)28-32-47(35)52(2,3)41-29-25-38(26-30-41)44-23-14-24-45-46-31-27-37-16-11-13-22-43(37)51(46)55(50(44)45)34-54-49(40-19-8-5-9-20-40)33-48(53)39-17-6-4-7-18-39/h4-33H,34,53H2,1-3H3/b48-33-,54-49+. The molecule has 0 unspecified atom stereocenters. The van der Waals surface area contributed by atoms with Crippen LogP contribution in [0.15, 0.2) is 187 Å². The highest BCUT2D eigenvalue weighted by molar-refractivity contribution is 6.20. The van der Waals surface area contributed by atoms with Crippen LogP contribution >= 0.6 is 0 Å². The Labute approximate surface area is 322 Å². The molecule has 1 heterocycles. The number of aliphatic imine (C=N–C) groups is 1. The number of aryl methyl sites for hydroxylation is 1.